The monoisotopic (exact) mass is 376 g/mol. The maximum absolute atomic E-state index is 13.7. The summed E-state index contributed by atoms with van der Waals surface area (Å²) >= 11 is 0. The Hall–Kier alpha value is -2.68. The Kier molecular flexibility index (Phi) is 4.47. The zero-order valence-electron chi connectivity index (χ0n) is 14.7. The molecule has 0 radical (unpaired) electrons. The summed E-state index contributed by atoms with van der Waals surface area (Å²) < 4.78 is 41.2. The molecule has 4 heterocycles. The number of rotatable bonds is 4. The van der Waals surface area contributed by atoms with Gasteiger partial charge in [0.2, 0.25) is 0 Å². The molecule has 27 heavy (non-hydrogen) atoms. The number of fused-ring (bicyclic) bond motifs is 1. The highest BCUT2D eigenvalue weighted by Gasteiger charge is 2.36. The highest BCUT2D eigenvalue weighted by molar-refractivity contribution is 5.91. The fourth-order valence-electron chi connectivity index (χ4n) is 3.39. The van der Waals surface area contributed by atoms with E-state index in [1.807, 2.05) is 25.1 Å². The number of aromatic nitrogens is 4. The second-order valence-electron chi connectivity index (χ2n) is 6.66. The summed E-state index contributed by atoms with van der Waals surface area (Å²) in [6.45, 7) is 2.91. The van der Waals surface area contributed by atoms with Crippen LogP contribution in [0, 0.1) is 6.92 Å². The third kappa shape index (κ3) is 3.59. The molecule has 4 rings (SSSR count). The molecule has 0 aliphatic carbocycles. The Morgan fingerprint density at radius 2 is 2.11 bits per heavy atom. The molecular weight excluding hydrogens is 357 g/mol. The number of halogens is 3. The summed E-state index contributed by atoms with van der Waals surface area (Å²) in [5, 5.41) is 12.8. The summed E-state index contributed by atoms with van der Waals surface area (Å²) in [6, 6.07) is 6.49. The Bertz CT molecular complexity index is 959. The van der Waals surface area contributed by atoms with E-state index >= 15 is 0 Å². The first-order chi connectivity index (χ1) is 12.9. The van der Waals surface area contributed by atoms with Crippen LogP contribution in [0.2, 0.25) is 0 Å². The number of hydrogen-bond acceptors (Lipinski definition) is 5. The van der Waals surface area contributed by atoms with Crippen molar-refractivity contribution >= 4 is 16.9 Å². The second kappa shape index (κ2) is 6.80. The molecular formula is C18H19F3N6. The Labute approximate surface area is 153 Å². The first kappa shape index (κ1) is 17.7. The fourth-order valence-corrected chi connectivity index (χ4v) is 3.39. The van der Waals surface area contributed by atoms with Gasteiger partial charge in [0, 0.05) is 11.7 Å². The van der Waals surface area contributed by atoms with Gasteiger partial charge in [0.15, 0.2) is 11.5 Å². The van der Waals surface area contributed by atoms with Crippen molar-refractivity contribution in [3.63, 3.8) is 0 Å². The molecule has 3 N–H and O–H groups in total. The molecule has 6 nitrogen and oxygen atoms in total. The SMILES string of the molecule is Cc1cccc(CNc2n[nH]c3nc([C@@H]4CCCN4)cc(C(F)(F)F)c23)n1. The molecule has 142 valence electrons. The molecule has 0 bridgehead atoms. The lowest BCUT2D eigenvalue weighted by molar-refractivity contribution is -0.136. The molecule has 0 saturated carbocycles. The fraction of sp³-hybridized carbons (Fsp3) is 0.389. The molecule has 3 aromatic heterocycles. The molecule has 9 heteroatoms. The van der Waals surface area contributed by atoms with E-state index in [-0.39, 0.29) is 29.4 Å². The van der Waals surface area contributed by atoms with Crippen LogP contribution in [0.5, 0.6) is 0 Å². The molecule has 0 unspecified atom stereocenters. The predicted molar refractivity (Wildman–Crippen MR) is 95.2 cm³/mol. The quantitative estimate of drug-likeness (QED) is 0.647. The summed E-state index contributed by atoms with van der Waals surface area (Å²) in [5.41, 5.74) is 1.35. The van der Waals surface area contributed by atoms with Gasteiger partial charge < -0.3 is 10.6 Å². The highest BCUT2D eigenvalue weighted by Crippen LogP contribution is 2.39. The van der Waals surface area contributed by atoms with Crippen molar-refractivity contribution in [2.75, 3.05) is 11.9 Å². The standard InChI is InChI=1S/C18H19F3N6/c1-10-4-2-5-11(24-10)9-23-16-15-12(18(19,20)21)8-14(13-6-3-7-22-13)25-17(15)27-26-16/h2,4-5,8,13,22H,3,6-7,9H2,1H3,(H2,23,25,26,27)/t13-/m0/s1. The summed E-state index contributed by atoms with van der Waals surface area (Å²) in [6.07, 6.45) is -2.81. The molecule has 0 spiro atoms. The van der Waals surface area contributed by atoms with Crippen molar-refractivity contribution in [3.05, 3.63) is 46.9 Å². The van der Waals surface area contributed by atoms with Crippen molar-refractivity contribution in [1.29, 1.82) is 0 Å². The van der Waals surface area contributed by atoms with Gasteiger partial charge in [-0.2, -0.15) is 18.3 Å². The average Bonchev–Trinajstić information content (AvgIpc) is 3.28. The zero-order chi connectivity index (χ0) is 19.0. The van der Waals surface area contributed by atoms with Crippen LogP contribution in [-0.2, 0) is 12.7 Å². The normalized spacial score (nSPS) is 17.6. The maximum Gasteiger partial charge on any atom is 0.417 e. The largest absolute Gasteiger partial charge is 0.417 e. The maximum atomic E-state index is 13.7. The van der Waals surface area contributed by atoms with Gasteiger partial charge in [0.25, 0.3) is 0 Å². The molecule has 3 aromatic rings. The van der Waals surface area contributed by atoms with E-state index in [1.165, 1.54) is 0 Å². The molecule has 1 aliphatic heterocycles. The Morgan fingerprint density at radius 3 is 2.81 bits per heavy atom. The van der Waals surface area contributed by atoms with Crippen LogP contribution in [0.4, 0.5) is 19.0 Å². The number of alkyl halides is 3. The van der Waals surface area contributed by atoms with E-state index in [0.29, 0.717) is 5.69 Å². The van der Waals surface area contributed by atoms with Gasteiger partial charge in [0.05, 0.1) is 28.9 Å². The van der Waals surface area contributed by atoms with E-state index in [1.54, 1.807) is 0 Å². The second-order valence-corrected chi connectivity index (χ2v) is 6.66. The van der Waals surface area contributed by atoms with Gasteiger partial charge in [0.1, 0.15) is 0 Å². The summed E-state index contributed by atoms with van der Waals surface area (Å²) in [7, 11) is 0. The molecule has 1 aliphatic rings. The number of aromatic amines is 1. The first-order valence-electron chi connectivity index (χ1n) is 8.78. The van der Waals surface area contributed by atoms with Crippen LogP contribution in [0.25, 0.3) is 11.0 Å². The van der Waals surface area contributed by atoms with Gasteiger partial charge in [-0.25, -0.2) is 4.98 Å². The molecule has 1 fully saturated rings. The minimum Gasteiger partial charge on any atom is -0.362 e. The number of pyridine rings is 2. The number of H-pyrrole nitrogens is 1. The Morgan fingerprint density at radius 1 is 1.26 bits per heavy atom. The highest BCUT2D eigenvalue weighted by atomic mass is 19.4. The van der Waals surface area contributed by atoms with Crippen LogP contribution >= 0.6 is 0 Å². The van der Waals surface area contributed by atoms with Crippen molar-refractivity contribution in [2.24, 2.45) is 0 Å². The average molecular weight is 376 g/mol. The lowest BCUT2D eigenvalue weighted by Gasteiger charge is -2.15. The topological polar surface area (TPSA) is 78.5 Å². The van der Waals surface area contributed by atoms with Gasteiger partial charge >= 0.3 is 6.18 Å². The lowest BCUT2D eigenvalue weighted by atomic mass is 10.1. The predicted octanol–water partition coefficient (Wildman–Crippen LogP) is 3.72. The third-order valence-corrected chi connectivity index (χ3v) is 4.66. The molecule has 1 atom stereocenters. The third-order valence-electron chi connectivity index (χ3n) is 4.66. The zero-order valence-corrected chi connectivity index (χ0v) is 14.7. The van der Waals surface area contributed by atoms with Crippen molar-refractivity contribution in [3.8, 4) is 0 Å². The van der Waals surface area contributed by atoms with Gasteiger partial charge in [-0.15, -0.1) is 0 Å². The van der Waals surface area contributed by atoms with Gasteiger partial charge in [-0.05, 0) is 44.5 Å². The number of anilines is 1. The van der Waals surface area contributed by atoms with Crippen LogP contribution in [0.15, 0.2) is 24.3 Å². The summed E-state index contributed by atoms with van der Waals surface area (Å²) in [4.78, 5) is 8.73. The minimum absolute atomic E-state index is 0.0445. The van der Waals surface area contributed by atoms with Crippen molar-refractivity contribution < 1.29 is 13.2 Å². The number of nitrogens with one attached hydrogen (secondary N) is 3. The number of hydrogen-bond donors (Lipinski definition) is 3. The minimum atomic E-state index is -4.50. The Balaban J connectivity index is 1.71. The smallest absolute Gasteiger partial charge is 0.362 e. The van der Waals surface area contributed by atoms with Gasteiger partial charge in [-0.3, -0.25) is 10.1 Å². The van der Waals surface area contributed by atoms with E-state index in [0.717, 1.165) is 36.8 Å². The van der Waals surface area contributed by atoms with Crippen LogP contribution in [0.3, 0.4) is 0 Å². The van der Waals surface area contributed by atoms with Crippen LogP contribution in [-0.4, -0.2) is 26.7 Å². The molecule has 0 amide bonds. The summed E-state index contributed by atoms with van der Waals surface area (Å²) in [5.74, 6) is 0.124. The van der Waals surface area contributed by atoms with Gasteiger partial charge in [-0.1, -0.05) is 6.07 Å². The van der Waals surface area contributed by atoms with E-state index in [9.17, 15) is 13.2 Å². The van der Waals surface area contributed by atoms with E-state index in [4.69, 9.17) is 0 Å². The van der Waals surface area contributed by atoms with Crippen molar-refractivity contribution in [2.45, 2.75) is 38.5 Å². The van der Waals surface area contributed by atoms with Crippen LogP contribution in [0.1, 0.15) is 41.5 Å². The molecule has 1 saturated heterocycles. The van der Waals surface area contributed by atoms with E-state index in [2.05, 4.69) is 30.8 Å². The van der Waals surface area contributed by atoms with Crippen molar-refractivity contribution in [1.82, 2.24) is 25.5 Å². The van der Waals surface area contributed by atoms with E-state index < -0.39 is 11.7 Å². The first-order valence-corrected chi connectivity index (χ1v) is 8.78. The number of aryl methyl sites for hydroxylation is 1. The van der Waals surface area contributed by atoms with Crippen LogP contribution < -0.4 is 10.6 Å². The lowest BCUT2D eigenvalue weighted by Crippen LogP contribution is -2.16. The molecule has 0 aromatic carbocycles. The number of nitrogens with zero attached hydrogens (tertiary/aromatic N) is 3.